The molecule has 2 rings (SSSR count). The van der Waals surface area contributed by atoms with E-state index in [0.29, 0.717) is 19.7 Å². The monoisotopic (exact) mass is 372 g/mol. The van der Waals surface area contributed by atoms with Gasteiger partial charge in [-0.3, -0.25) is 4.90 Å². The minimum atomic E-state index is -3.33. The van der Waals surface area contributed by atoms with E-state index in [2.05, 4.69) is 21.8 Å². The van der Waals surface area contributed by atoms with Gasteiger partial charge in [-0.1, -0.05) is 6.42 Å². The summed E-state index contributed by atoms with van der Waals surface area (Å²) in [4.78, 5) is 8.92. The SMILES string of the molecule is COCCCn1c(CN(C)CCN2CCCCC2)cnc1S(C)(=O)=O. The molecular formula is C17H32N4O3S. The Labute approximate surface area is 151 Å². The average Bonchev–Trinajstić information content (AvgIpc) is 2.97. The molecule has 0 spiro atoms. The van der Waals surface area contributed by atoms with Gasteiger partial charge in [0.05, 0.1) is 11.9 Å². The van der Waals surface area contributed by atoms with Crippen LogP contribution in [0.25, 0.3) is 0 Å². The maximum absolute atomic E-state index is 12.0. The first-order valence-corrected chi connectivity index (χ1v) is 10.9. The molecule has 1 aromatic rings. The molecule has 0 saturated carbocycles. The second kappa shape index (κ2) is 9.66. The van der Waals surface area contributed by atoms with E-state index in [1.165, 1.54) is 38.6 Å². The van der Waals surface area contributed by atoms with Gasteiger partial charge in [0, 0.05) is 46.2 Å². The number of nitrogens with zero attached hydrogens (tertiary/aromatic N) is 4. The highest BCUT2D eigenvalue weighted by molar-refractivity contribution is 7.90. The van der Waals surface area contributed by atoms with Gasteiger partial charge >= 0.3 is 0 Å². The Balaban J connectivity index is 1.97. The van der Waals surface area contributed by atoms with Crippen molar-refractivity contribution in [3.8, 4) is 0 Å². The predicted molar refractivity (Wildman–Crippen MR) is 98.5 cm³/mol. The van der Waals surface area contributed by atoms with Gasteiger partial charge in [0.2, 0.25) is 15.0 Å². The number of hydrogen-bond acceptors (Lipinski definition) is 6. The highest BCUT2D eigenvalue weighted by atomic mass is 32.2. The van der Waals surface area contributed by atoms with Crippen LogP contribution in [0.2, 0.25) is 0 Å². The molecule has 1 aliphatic rings. The van der Waals surface area contributed by atoms with Crippen LogP contribution in [-0.4, -0.2) is 81.0 Å². The van der Waals surface area contributed by atoms with Crippen LogP contribution in [0.1, 0.15) is 31.4 Å². The summed E-state index contributed by atoms with van der Waals surface area (Å²) in [5, 5.41) is 0.156. The minimum Gasteiger partial charge on any atom is -0.385 e. The largest absolute Gasteiger partial charge is 0.385 e. The van der Waals surface area contributed by atoms with E-state index in [4.69, 9.17) is 4.74 Å². The minimum absolute atomic E-state index is 0.156. The van der Waals surface area contributed by atoms with Crippen LogP contribution in [0.3, 0.4) is 0 Å². The molecule has 0 N–H and O–H groups in total. The average molecular weight is 373 g/mol. The van der Waals surface area contributed by atoms with Crippen LogP contribution in [0.15, 0.2) is 11.4 Å². The standard InChI is InChI=1S/C17H32N4O3S/c1-19(11-12-20-8-5-4-6-9-20)15-16-14-18-17(25(3,22)23)21(16)10-7-13-24-2/h14H,4-13,15H2,1-3H3. The molecule has 25 heavy (non-hydrogen) atoms. The third kappa shape index (κ3) is 6.36. The number of imidazole rings is 1. The lowest BCUT2D eigenvalue weighted by Gasteiger charge is -2.28. The van der Waals surface area contributed by atoms with Crippen LogP contribution >= 0.6 is 0 Å². The van der Waals surface area contributed by atoms with Crippen LogP contribution in [0, 0.1) is 0 Å². The number of aromatic nitrogens is 2. The summed E-state index contributed by atoms with van der Waals surface area (Å²) >= 11 is 0. The first kappa shape index (κ1) is 20.4. The molecule has 0 radical (unpaired) electrons. The van der Waals surface area contributed by atoms with E-state index in [-0.39, 0.29) is 5.16 Å². The lowest BCUT2D eigenvalue weighted by Crippen LogP contribution is -2.36. The zero-order valence-electron chi connectivity index (χ0n) is 15.8. The maximum atomic E-state index is 12.0. The molecule has 144 valence electrons. The number of hydrogen-bond donors (Lipinski definition) is 0. The topological polar surface area (TPSA) is 67.7 Å². The molecule has 0 amide bonds. The Bertz CT molecular complexity index is 624. The number of methoxy groups -OCH3 is 1. The smallest absolute Gasteiger partial charge is 0.227 e. The van der Waals surface area contributed by atoms with Crippen LogP contribution in [0.4, 0.5) is 0 Å². The Kier molecular flexibility index (Phi) is 7.86. The molecule has 0 atom stereocenters. The lowest BCUT2D eigenvalue weighted by atomic mass is 10.1. The lowest BCUT2D eigenvalue weighted by molar-refractivity contribution is 0.185. The predicted octanol–water partition coefficient (Wildman–Crippen LogP) is 1.24. The van der Waals surface area contributed by atoms with Crippen LogP contribution in [0.5, 0.6) is 0 Å². The molecule has 1 aromatic heterocycles. The first-order valence-electron chi connectivity index (χ1n) is 9.06. The Hall–Kier alpha value is -0.960. The van der Waals surface area contributed by atoms with Gasteiger partial charge < -0.3 is 14.2 Å². The van der Waals surface area contributed by atoms with Crippen molar-refractivity contribution in [3.63, 3.8) is 0 Å². The Morgan fingerprint density at radius 1 is 1.24 bits per heavy atom. The fourth-order valence-corrected chi connectivity index (χ4v) is 4.12. The molecule has 0 aromatic carbocycles. The third-order valence-electron chi connectivity index (χ3n) is 4.64. The van der Waals surface area contributed by atoms with Gasteiger partial charge in [-0.05, 0) is 39.4 Å². The number of rotatable bonds is 10. The van der Waals surface area contributed by atoms with Crippen molar-refractivity contribution in [3.05, 3.63) is 11.9 Å². The number of likely N-dealkylation sites (tertiary alicyclic amines) is 1. The summed E-state index contributed by atoms with van der Waals surface area (Å²) in [7, 11) is 0.403. The Morgan fingerprint density at radius 3 is 2.60 bits per heavy atom. The number of piperidine rings is 1. The van der Waals surface area contributed by atoms with Crippen molar-refractivity contribution < 1.29 is 13.2 Å². The van der Waals surface area contributed by atoms with E-state index in [1.54, 1.807) is 13.3 Å². The van der Waals surface area contributed by atoms with E-state index < -0.39 is 9.84 Å². The normalized spacial score (nSPS) is 16.6. The number of sulfone groups is 1. The molecule has 1 fully saturated rings. The van der Waals surface area contributed by atoms with E-state index >= 15 is 0 Å². The van der Waals surface area contributed by atoms with Gasteiger partial charge in [-0.15, -0.1) is 0 Å². The summed E-state index contributed by atoms with van der Waals surface area (Å²) in [6.45, 7) is 6.33. The first-order chi connectivity index (χ1) is 11.9. The van der Waals surface area contributed by atoms with Gasteiger partial charge in [0.25, 0.3) is 0 Å². The van der Waals surface area contributed by atoms with Crippen LogP contribution in [-0.2, 0) is 27.7 Å². The molecule has 0 unspecified atom stereocenters. The summed E-state index contributed by atoms with van der Waals surface area (Å²) in [5.74, 6) is 0. The molecule has 2 heterocycles. The molecule has 0 bridgehead atoms. The van der Waals surface area contributed by atoms with Crippen molar-refractivity contribution in [2.24, 2.45) is 0 Å². The zero-order valence-corrected chi connectivity index (χ0v) is 16.6. The van der Waals surface area contributed by atoms with E-state index in [0.717, 1.165) is 25.2 Å². The van der Waals surface area contributed by atoms with Gasteiger partial charge in [0.15, 0.2) is 0 Å². The summed E-state index contributed by atoms with van der Waals surface area (Å²) in [6, 6.07) is 0. The second-order valence-electron chi connectivity index (χ2n) is 6.94. The molecule has 1 saturated heterocycles. The fourth-order valence-electron chi connectivity index (χ4n) is 3.27. The molecular weight excluding hydrogens is 340 g/mol. The van der Waals surface area contributed by atoms with Gasteiger partial charge in [-0.25, -0.2) is 13.4 Å². The van der Waals surface area contributed by atoms with Gasteiger partial charge in [-0.2, -0.15) is 0 Å². The molecule has 8 heteroatoms. The van der Waals surface area contributed by atoms with E-state index in [9.17, 15) is 8.42 Å². The van der Waals surface area contributed by atoms with Crippen molar-refractivity contribution >= 4 is 9.84 Å². The molecule has 7 nitrogen and oxygen atoms in total. The van der Waals surface area contributed by atoms with Crippen LogP contribution < -0.4 is 0 Å². The highest BCUT2D eigenvalue weighted by Crippen LogP contribution is 2.14. The van der Waals surface area contributed by atoms with Crippen molar-refractivity contribution in [2.75, 3.05) is 53.2 Å². The van der Waals surface area contributed by atoms with Crippen molar-refractivity contribution in [1.29, 1.82) is 0 Å². The zero-order chi connectivity index (χ0) is 18.3. The summed E-state index contributed by atoms with van der Waals surface area (Å²) in [6.07, 6.45) is 7.62. The summed E-state index contributed by atoms with van der Waals surface area (Å²) < 4.78 is 30.9. The fraction of sp³-hybridized carbons (Fsp3) is 0.824. The molecule has 1 aliphatic heterocycles. The number of likely N-dealkylation sites (N-methyl/N-ethyl adjacent to an activating group) is 1. The van der Waals surface area contributed by atoms with Crippen molar-refractivity contribution in [1.82, 2.24) is 19.4 Å². The second-order valence-corrected chi connectivity index (χ2v) is 8.85. The third-order valence-corrected chi connectivity index (χ3v) is 5.63. The van der Waals surface area contributed by atoms with E-state index in [1.807, 2.05) is 4.57 Å². The molecule has 0 aliphatic carbocycles. The summed E-state index contributed by atoms with van der Waals surface area (Å²) in [5.41, 5.74) is 0.942. The van der Waals surface area contributed by atoms with Gasteiger partial charge in [0.1, 0.15) is 0 Å². The quantitative estimate of drug-likeness (QED) is 0.576. The maximum Gasteiger partial charge on any atom is 0.227 e. The number of ether oxygens (including phenoxy) is 1. The van der Waals surface area contributed by atoms with Crippen molar-refractivity contribution in [2.45, 2.75) is 43.9 Å². The highest BCUT2D eigenvalue weighted by Gasteiger charge is 2.19. The Morgan fingerprint density at radius 2 is 1.96 bits per heavy atom.